The molecule has 3 aliphatic heterocycles. The van der Waals surface area contributed by atoms with Crippen LogP contribution in [0.25, 0.3) is 0 Å². The second kappa shape index (κ2) is 13.7. The van der Waals surface area contributed by atoms with Crippen LogP contribution in [-0.4, -0.2) is 82.8 Å². The van der Waals surface area contributed by atoms with Crippen molar-refractivity contribution >= 4 is 41.0 Å². The summed E-state index contributed by atoms with van der Waals surface area (Å²) in [5.74, 6) is -0.907. The Bertz CT molecular complexity index is 2020. The summed E-state index contributed by atoms with van der Waals surface area (Å²) < 4.78 is 21.6. The highest BCUT2D eigenvalue weighted by molar-refractivity contribution is 6.31. The second-order valence-corrected chi connectivity index (χ2v) is 15.9. The van der Waals surface area contributed by atoms with Crippen molar-refractivity contribution in [3.8, 4) is 11.8 Å². The number of nitrogens with zero attached hydrogens (tertiary/aromatic N) is 5. The molecule has 1 saturated carbocycles. The van der Waals surface area contributed by atoms with Crippen LogP contribution in [0.1, 0.15) is 77.9 Å². The molecule has 4 amide bonds. The van der Waals surface area contributed by atoms with Crippen molar-refractivity contribution in [2.75, 3.05) is 31.1 Å². The predicted octanol–water partition coefficient (Wildman–Crippen LogP) is 4.44. The largest absolute Gasteiger partial charge is 0.489 e. The SMILES string of the molecule is CC1(C)C(NC(=O)c2ccc(N3CCN(Cc4cc(F)c5c(c4)CN(C4CCC(=O)NC4=O)C5=O)CC3)nc2)C(C)(C)C1Oc1ccc(C#N)c(Cl)c1. The molecule has 0 bridgehead atoms. The number of rotatable bonds is 8. The lowest BCUT2D eigenvalue weighted by Crippen LogP contribution is -2.74. The maximum absolute atomic E-state index is 15.2. The number of benzene rings is 2. The number of hydrogen-bond acceptors (Lipinski definition) is 9. The molecular weight excluding hydrogens is 701 g/mol. The first-order valence-electron chi connectivity index (χ1n) is 17.7. The fourth-order valence-corrected chi connectivity index (χ4v) is 8.94. The Labute approximate surface area is 312 Å². The zero-order valence-electron chi connectivity index (χ0n) is 30.0. The zero-order chi connectivity index (χ0) is 37.8. The van der Waals surface area contributed by atoms with E-state index in [4.69, 9.17) is 16.3 Å². The average Bonchev–Trinajstić information content (AvgIpc) is 3.45. The third kappa shape index (κ3) is 6.70. The number of aromatic nitrogens is 1. The van der Waals surface area contributed by atoms with E-state index < -0.39 is 34.5 Å². The molecule has 1 atom stereocenters. The van der Waals surface area contributed by atoms with Crippen LogP contribution in [0.4, 0.5) is 10.2 Å². The number of pyridine rings is 1. The number of halogens is 2. The van der Waals surface area contributed by atoms with Crippen LogP contribution in [0.5, 0.6) is 5.75 Å². The molecule has 7 rings (SSSR count). The van der Waals surface area contributed by atoms with E-state index in [9.17, 15) is 24.4 Å². The van der Waals surface area contributed by atoms with Gasteiger partial charge in [-0.15, -0.1) is 0 Å². The van der Waals surface area contributed by atoms with Crippen molar-refractivity contribution in [2.45, 2.75) is 71.8 Å². The van der Waals surface area contributed by atoms with Gasteiger partial charge in [-0.2, -0.15) is 5.26 Å². The number of piperidine rings is 1. The summed E-state index contributed by atoms with van der Waals surface area (Å²) in [6.07, 6.45) is 1.74. The first kappa shape index (κ1) is 36.3. The molecule has 2 aromatic carbocycles. The highest BCUT2D eigenvalue weighted by atomic mass is 35.5. The number of anilines is 1. The molecule has 1 unspecified atom stereocenters. The van der Waals surface area contributed by atoms with E-state index in [1.54, 1.807) is 30.5 Å². The van der Waals surface area contributed by atoms with Gasteiger partial charge in [0.25, 0.3) is 11.8 Å². The van der Waals surface area contributed by atoms with Crippen molar-refractivity contribution in [3.63, 3.8) is 0 Å². The maximum atomic E-state index is 15.2. The van der Waals surface area contributed by atoms with Crippen molar-refractivity contribution < 1.29 is 28.3 Å². The lowest BCUT2D eigenvalue weighted by atomic mass is 9.49. The molecule has 0 radical (unpaired) electrons. The van der Waals surface area contributed by atoms with Crippen LogP contribution in [0, 0.1) is 28.0 Å². The van der Waals surface area contributed by atoms with Gasteiger partial charge >= 0.3 is 0 Å². The molecule has 2 saturated heterocycles. The fourth-order valence-electron chi connectivity index (χ4n) is 8.72. The van der Waals surface area contributed by atoms with E-state index in [2.05, 4.69) is 59.2 Å². The molecule has 1 aliphatic carbocycles. The molecule has 1 aromatic heterocycles. The number of fused-ring (bicyclic) bond motifs is 1. The van der Waals surface area contributed by atoms with Crippen molar-refractivity contribution in [1.29, 1.82) is 5.26 Å². The van der Waals surface area contributed by atoms with E-state index in [1.165, 1.54) is 11.0 Å². The number of nitrogens with one attached hydrogen (secondary N) is 2. The highest BCUT2D eigenvalue weighted by Crippen LogP contribution is 2.55. The zero-order valence-corrected chi connectivity index (χ0v) is 30.8. The Hall–Kier alpha value is -5.06. The average molecular weight is 742 g/mol. The van der Waals surface area contributed by atoms with Crippen LogP contribution >= 0.6 is 11.6 Å². The van der Waals surface area contributed by atoms with Crippen LogP contribution < -0.4 is 20.3 Å². The third-order valence-corrected chi connectivity index (χ3v) is 11.5. The Morgan fingerprint density at radius 3 is 2.45 bits per heavy atom. The van der Waals surface area contributed by atoms with Gasteiger partial charge in [0.1, 0.15) is 35.6 Å². The molecule has 2 N–H and O–H groups in total. The summed E-state index contributed by atoms with van der Waals surface area (Å²) in [5.41, 5.74) is 1.33. The van der Waals surface area contributed by atoms with Gasteiger partial charge in [0, 0.05) is 74.8 Å². The highest BCUT2D eigenvalue weighted by Gasteiger charge is 2.64. The molecule has 3 fully saturated rings. The number of nitriles is 1. The molecular formula is C39H41ClFN7O5. The standard InChI is InChI=1S/C39H41ClFN7O5/c1-38(2)36(39(3,4)37(38)53-26-7-5-23(18-42)27(40)17-26)45-33(50)24-6-9-30(43-19-24)47-13-11-46(12-14-47)20-22-15-25-21-48(35(52)32(25)28(41)16-22)29-8-10-31(49)44-34(29)51/h5-7,9,15-17,19,29,36-37H,8,10-14,20-21H2,1-4H3,(H,45,50)(H,44,49,51). The first-order valence-corrected chi connectivity index (χ1v) is 18.1. The van der Waals surface area contributed by atoms with Crippen molar-refractivity contribution in [2.24, 2.45) is 10.8 Å². The van der Waals surface area contributed by atoms with Crippen LogP contribution in [0.3, 0.4) is 0 Å². The summed E-state index contributed by atoms with van der Waals surface area (Å²) >= 11 is 6.22. The van der Waals surface area contributed by atoms with Gasteiger partial charge < -0.3 is 19.9 Å². The van der Waals surface area contributed by atoms with Gasteiger partial charge in [-0.3, -0.25) is 29.4 Å². The Kier molecular flexibility index (Phi) is 9.41. The van der Waals surface area contributed by atoms with Gasteiger partial charge in [-0.25, -0.2) is 9.37 Å². The normalized spacial score (nSPS) is 23.5. The number of hydrogen-bond donors (Lipinski definition) is 2. The van der Waals surface area contributed by atoms with Crippen LogP contribution in [0.15, 0.2) is 48.7 Å². The molecule has 4 aliphatic rings. The van der Waals surface area contributed by atoms with Gasteiger partial charge in [-0.05, 0) is 47.9 Å². The number of piperazine rings is 1. The molecule has 3 aromatic rings. The van der Waals surface area contributed by atoms with E-state index >= 15 is 4.39 Å². The Morgan fingerprint density at radius 2 is 1.81 bits per heavy atom. The summed E-state index contributed by atoms with van der Waals surface area (Å²) in [7, 11) is 0. The predicted molar refractivity (Wildman–Crippen MR) is 194 cm³/mol. The third-order valence-electron chi connectivity index (χ3n) is 11.2. The summed E-state index contributed by atoms with van der Waals surface area (Å²) in [5, 5.41) is 15.0. The second-order valence-electron chi connectivity index (χ2n) is 15.5. The number of imide groups is 1. The topological polar surface area (TPSA) is 148 Å². The van der Waals surface area contributed by atoms with E-state index in [0.29, 0.717) is 60.2 Å². The number of amides is 4. The minimum Gasteiger partial charge on any atom is -0.489 e. The van der Waals surface area contributed by atoms with E-state index in [0.717, 1.165) is 11.4 Å². The monoisotopic (exact) mass is 741 g/mol. The molecule has 4 heterocycles. The summed E-state index contributed by atoms with van der Waals surface area (Å²) in [6.45, 7) is 11.6. The molecule has 53 heavy (non-hydrogen) atoms. The fraction of sp³-hybridized carbons (Fsp3) is 0.436. The minimum absolute atomic E-state index is 0.00441. The number of carbonyl (C=O) groups is 4. The van der Waals surface area contributed by atoms with E-state index in [-0.39, 0.29) is 48.9 Å². The summed E-state index contributed by atoms with van der Waals surface area (Å²) in [4.78, 5) is 60.7. The Morgan fingerprint density at radius 1 is 1.08 bits per heavy atom. The Balaban J connectivity index is 0.920. The van der Waals surface area contributed by atoms with Gasteiger partial charge in [0.05, 0.1) is 21.7 Å². The maximum Gasteiger partial charge on any atom is 0.258 e. The number of ether oxygens (including phenoxy) is 1. The van der Waals surface area contributed by atoms with Gasteiger partial charge in [-0.1, -0.05) is 45.4 Å². The molecule has 0 spiro atoms. The van der Waals surface area contributed by atoms with E-state index in [1.807, 2.05) is 12.1 Å². The lowest BCUT2D eigenvalue weighted by Gasteiger charge is -2.63. The van der Waals surface area contributed by atoms with Gasteiger partial charge in [0.2, 0.25) is 11.8 Å². The van der Waals surface area contributed by atoms with Crippen molar-refractivity contribution in [3.05, 3.63) is 87.3 Å². The molecule has 12 nitrogen and oxygen atoms in total. The quantitative estimate of drug-likeness (QED) is 0.320. The summed E-state index contributed by atoms with van der Waals surface area (Å²) in [6, 6.07) is 13.0. The first-order chi connectivity index (χ1) is 25.2. The van der Waals surface area contributed by atoms with Crippen LogP contribution in [0.2, 0.25) is 5.02 Å². The van der Waals surface area contributed by atoms with Crippen LogP contribution in [-0.2, 0) is 22.7 Å². The van der Waals surface area contributed by atoms with Crippen molar-refractivity contribution in [1.82, 2.24) is 25.4 Å². The molecule has 276 valence electrons. The van der Waals surface area contributed by atoms with Gasteiger partial charge in [0.15, 0.2) is 0 Å². The molecule has 14 heteroatoms. The number of carbonyl (C=O) groups excluding carboxylic acids is 4. The lowest BCUT2D eigenvalue weighted by molar-refractivity contribution is -0.164. The smallest absolute Gasteiger partial charge is 0.258 e. The minimum atomic E-state index is -0.793.